The lowest BCUT2D eigenvalue weighted by molar-refractivity contribution is 0.0342. The van der Waals surface area contributed by atoms with Crippen molar-refractivity contribution in [3.63, 3.8) is 0 Å². The number of rotatable bonds is 7. The standard InChI is InChI=1S/C32H36FN5O4/c1-20-17-25(29(33)30(34-20)24-5-3-4-6-28(24)41-2)31(40)36-32-35-26-18-21(19-37-13-15-42-16-14-37)7-12-27(26)38(32)22-8-10-23(39)11-9-22/h3-7,12,17-18,22-23,39H,8-11,13-16,19H2,1-2H3,(H,35,36,40)/t22-,23+. The van der Waals surface area contributed by atoms with Crippen LogP contribution in [0.2, 0.25) is 0 Å². The van der Waals surface area contributed by atoms with Gasteiger partial charge in [-0.05, 0) is 68.5 Å². The molecule has 6 rings (SSSR count). The van der Waals surface area contributed by atoms with Crippen LogP contribution in [0.15, 0.2) is 48.5 Å². The summed E-state index contributed by atoms with van der Waals surface area (Å²) in [6, 6.07) is 14.7. The number of nitrogens with one attached hydrogen (secondary N) is 1. The first kappa shape index (κ1) is 28.3. The Balaban J connectivity index is 1.36. The highest BCUT2D eigenvalue weighted by Crippen LogP contribution is 2.36. The molecular weight excluding hydrogens is 537 g/mol. The highest BCUT2D eigenvalue weighted by Gasteiger charge is 2.27. The molecule has 1 amide bonds. The first-order valence-electron chi connectivity index (χ1n) is 14.5. The summed E-state index contributed by atoms with van der Waals surface area (Å²) in [6.07, 6.45) is 2.54. The number of amides is 1. The average molecular weight is 574 g/mol. The second-order valence-electron chi connectivity index (χ2n) is 11.1. The van der Waals surface area contributed by atoms with Crippen molar-refractivity contribution < 1.29 is 23.8 Å². The van der Waals surface area contributed by atoms with E-state index in [1.807, 2.05) is 4.57 Å². The zero-order chi connectivity index (χ0) is 29.2. The van der Waals surface area contributed by atoms with Gasteiger partial charge in [-0.25, -0.2) is 14.4 Å². The van der Waals surface area contributed by atoms with Gasteiger partial charge in [0, 0.05) is 36.9 Å². The minimum atomic E-state index is -0.723. The summed E-state index contributed by atoms with van der Waals surface area (Å²) < 4.78 is 28.9. The van der Waals surface area contributed by atoms with Gasteiger partial charge in [0.05, 0.1) is 43.0 Å². The fraction of sp³-hybridized carbons (Fsp3) is 0.406. The molecule has 0 bridgehead atoms. The summed E-state index contributed by atoms with van der Waals surface area (Å²) in [5.74, 6) is -0.489. The molecule has 0 atom stereocenters. The topological polar surface area (TPSA) is 102 Å². The predicted molar refractivity (Wildman–Crippen MR) is 158 cm³/mol. The van der Waals surface area contributed by atoms with Crippen LogP contribution in [0.5, 0.6) is 5.75 Å². The fourth-order valence-electron chi connectivity index (χ4n) is 6.04. The fourth-order valence-corrected chi connectivity index (χ4v) is 6.04. The molecule has 0 spiro atoms. The number of para-hydroxylation sites is 1. The Morgan fingerprint density at radius 1 is 1.10 bits per heavy atom. The lowest BCUT2D eigenvalue weighted by Crippen LogP contribution is -2.35. The number of aryl methyl sites for hydroxylation is 1. The monoisotopic (exact) mass is 573 g/mol. The molecule has 0 radical (unpaired) electrons. The molecule has 1 saturated heterocycles. The van der Waals surface area contributed by atoms with Gasteiger partial charge in [0.2, 0.25) is 5.95 Å². The molecule has 4 aromatic rings. The minimum absolute atomic E-state index is 0.0481. The number of ether oxygens (including phenoxy) is 2. The number of hydrogen-bond donors (Lipinski definition) is 2. The third-order valence-corrected chi connectivity index (χ3v) is 8.21. The Bertz CT molecular complexity index is 1590. The number of aliphatic hydroxyl groups excluding tert-OH is 1. The molecule has 2 aromatic heterocycles. The van der Waals surface area contributed by atoms with Crippen molar-refractivity contribution in [3.8, 4) is 17.0 Å². The molecule has 0 unspecified atom stereocenters. The molecule has 2 N–H and O–H groups in total. The van der Waals surface area contributed by atoms with Crippen molar-refractivity contribution in [2.75, 3.05) is 38.7 Å². The maximum atomic E-state index is 15.9. The van der Waals surface area contributed by atoms with E-state index in [0.29, 0.717) is 35.8 Å². The number of aromatic nitrogens is 3. The van der Waals surface area contributed by atoms with E-state index in [-0.39, 0.29) is 23.4 Å². The second kappa shape index (κ2) is 12.2. The van der Waals surface area contributed by atoms with E-state index in [4.69, 9.17) is 14.5 Å². The van der Waals surface area contributed by atoms with Crippen molar-refractivity contribution in [2.24, 2.45) is 0 Å². The maximum absolute atomic E-state index is 15.9. The number of imidazole rings is 1. The van der Waals surface area contributed by atoms with E-state index in [1.165, 1.54) is 13.2 Å². The molecule has 2 aromatic carbocycles. The maximum Gasteiger partial charge on any atom is 0.261 e. The number of benzene rings is 2. The normalized spacial score (nSPS) is 19.6. The van der Waals surface area contributed by atoms with Gasteiger partial charge < -0.3 is 19.1 Å². The number of pyridine rings is 1. The quantitative estimate of drug-likeness (QED) is 0.317. The Labute approximate surface area is 244 Å². The van der Waals surface area contributed by atoms with Crippen LogP contribution in [0, 0.1) is 12.7 Å². The molecule has 1 saturated carbocycles. The molecule has 2 aliphatic rings. The zero-order valence-corrected chi connectivity index (χ0v) is 24.0. The summed E-state index contributed by atoms with van der Waals surface area (Å²) >= 11 is 0. The molecule has 10 heteroatoms. The van der Waals surface area contributed by atoms with Gasteiger partial charge in [0.15, 0.2) is 5.82 Å². The van der Waals surface area contributed by atoms with Crippen LogP contribution in [-0.4, -0.2) is 70.0 Å². The van der Waals surface area contributed by atoms with Crippen LogP contribution >= 0.6 is 0 Å². The summed E-state index contributed by atoms with van der Waals surface area (Å²) in [5.41, 5.74) is 3.71. The molecule has 220 valence electrons. The van der Waals surface area contributed by atoms with Gasteiger partial charge in [0.1, 0.15) is 11.4 Å². The SMILES string of the molecule is COc1ccccc1-c1nc(C)cc(C(=O)Nc2nc3cc(CN4CCOCC4)ccc3n2[C@H]2CC[C@@H](O)CC2)c1F. The Hall–Kier alpha value is -3.86. The van der Waals surface area contributed by atoms with Gasteiger partial charge in [-0.2, -0.15) is 0 Å². The van der Waals surface area contributed by atoms with Crippen LogP contribution in [0.4, 0.5) is 10.3 Å². The molecule has 2 fully saturated rings. The van der Waals surface area contributed by atoms with E-state index in [1.54, 1.807) is 31.2 Å². The Morgan fingerprint density at radius 3 is 2.62 bits per heavy atom. The number of morpholine rings is 1. The number of methoxy groups -OCH3 is 1. The van der Waals surface area contributed by atoms with Gasteiger partial charge in [-0.15, -0.1) is 0 Å². The molecule has 42 heavy (non-hydrogen) atoms. The van der Waals surface area contributed by atoms with E-state index in [2.05, 4.69) is 33.4 Å². The molecule has 1 aliphatic carbocycles. The lowest BCUT2D eigenvalue weighted by Gasteiger charge is -2.28. The van der Waals surface area contributed by atoms with E-state index >= 15 is 4.39 Å². The van der Waals surface area contributed by atoms with Crippen LogP contribution in [-0.2, 0) is 11.3 Å². The highest BCUT2D eigenvalue weighted by molar-refractivity contribution is 6.05. The minimum Gasteiger partial charge on any atom is -0.496 e. The first-order chi connectivity index (χ1) is 20.4. The first-order valence-corrected chi connectivity index (χ1v) is 14.5. The summed E-state index contributed by atoms with van der Waals surface area (Å²) in [7, 11) is 1.52. The summed E-state index contributed by atoms with van der Waals surface area (Å²) in [4.78, 5) is 25.3. The summed E-state index contributed by atoms with van der Waals surface area (Å²) in [5, 5.41) is 13.1. The van der Waals surface area contributed by atoms with Crippen molar-refractivity contribution in [1.82, 2.24) is 19.4 Å². The van der Waals surface area contributed by atoms with Gasteiger partial charge in [0.25, 0.3) is 5.91 Å². The van der Waals surface area contributed by atoms with Crippen molar-refractivity contribution in [2.45, 2.75) is 51.3 Å². The number of halogens is 1. The zero-order valence-electron chi connectivity index (χ0n) is 24.0. The number of anilines is 1. The van der Waals surface area contributed by atoms with E-state index < -0.39 is 11.7 Å². The summed E-state index contributed by atoms with van der Waals surface area (Å²) in [6.45, 7) is 5.73. The highest BCUT2D eigenvalue weighted by atomic mass is 19.1. The second-order valence-corrected chi connectivity index (χ2v) is 11.1. The van der Waals surface area contributed by atoms with Gasteiger partial charge in [-0.3, -0.25) is 15.0 Å². The lowest BCUT2D eigenvalue weighted by atomic mass is 9.93. The third-order valence-electron chi connectivity index (χ3n) is 8.21. The largest absolute Gasteiger partial charge is 0.496 e. The van der Waals surface area contributed by atoms with Crippen molar-refractivity contribution in [1.29, 1.82) is 0 Å². The van der Waals surface area contributed by atoms with Gasteiger partial charge >= 0.3 is 0 Å². The Morgan fingerprint density at radius 2 is 1.86 bits per heavy atom. The van der Waals surface area contributed by atoms with Gasteiger partial charge in [-0.1, -0.05) is 18.2 Å². The molecule has 3 heterocycles. The van der Waals surface area contributed by atoms with E-state index in [0.717, 1.165) is 62.3 Å². The van der Waals surface area contributed by atoms with Crippen LogP contribution in [0.1, 0.15) is 53.3 Å². The van der Waals surface area contributed by atoms with Crippen LogP contribution < -0.4 is 10.1 Å². The van der Waals surface area contributed by atoms with Crippen molar-refractivity contribution in [3.05, 3.63) is 71.2 Å². The number of hydrogen-bond acceptors (Lipinski definition) is 7. The Kier molecular flexibility index (Phi) is 8.19. The number of aliphatic hydroxyl groups is 1. The average Bonchev–Trinajstić information content (AvgIpc) is 3.35. The smallest absolute Gasteiger partial charge is 0.261 e. The number of fused-ring (bicyclic) bond motifs is 1. The predicted octanol–water partition coefficient (Wildman–Crippen LogP) is 5.11. The van der Waals surface area contributed by atoms with Crippen LogP contribution in [0.3, 0.4) is 0 Å². The van der Waals surface area contributed by atoms with Crippen molar-refractivity contribution >= 4 is 22.9 Å². The van der Waals surface area contributed by atoms with E-state index in [9.17, 15) is 9.90 Å². The van der Waals surface area contributed by atoms with Crippen LogP contribution in [0.25, 0.3) is 22.3 Å². The molecule has 1 aliphatic heterocycles. The number of nitrogens with zero attached hydrogens (tertiary/aromatic N) is 4. The molecular formula is C32H36FN5O4. The number of carbonyl (C=O) groups is 1. The molecule has 9 nitrogen and oxygen atoms in total. The number of carbonyl (C=O) groups excluding carboxylic acids is 1. The third kappa shape index (κ3) is 5.74.